The molecule has 5 heteroatoms. The predicted molar refractivity (Wildman–Crippen MR) is 594 cm³/mol. The first-order valence-corrected chi connectivity index (χ1v) is 50.3. The summed E-state index contributed by atoms with van der Waals surface area (Å²) in [7, 11) is 0. The molecule has 2 aliphatic rings. The number of hydrogen-bond donors (Lipinski definition) is 0. The number of fused-ring (bicyclic) bond motifs is 10. The van der Waals surface area contributed by atoms with E-state index in [2.05, 4.69) is 519 Å². The molecule has 135 heavy (non-hydrogen) atoms. The van der Waals surface area contributed by atoms with Crippen molar-refractivity contribution >= 4 is 101 Å². The maximum absolute atomic E-state index is 2.82. The van der Waals surface area contributed by atoms with Crippen LogP contribution in [0.3, 0.4) is 0 Å². The van der Waals surface area contributed by atoms with Gasteiger partial charge in [0.2, 0.25) is 0 Å². The molecule has 4 nitrogen and oxygen atoms in total. The standard InChI is InChI=1S/C130H155BN4/c1-118(2,3)80-46-60-107-97(66-80)98-67-81(119(4,5)6)47-61-108(98)132(107)89-50-58-105-113(76-89)134(111-64-78(91-54-42-84(122(13,14)15)70-101(91)127(28,29)30)40-52-95(111)93-56-44-86(124(19,20)21)72-103(93)129(34,35)36)115-74-88(126(25,26)27)75-116-117(115)131(105)106-59-51-90(133-109-62-48-82(120(7,8)9)68-99(109)100-69-83(121(10,11)12)49-63-110(100)133)77-114(106)135(116)112-65-79(92-55-43-85(123(16,17)18)71-102(92)128(31,32)33)41-53-96(112)94-57-45-87(125(22,23)24)73-104(94)130(37,38)39/h40-77H,1-39H3. The van der Waals surface area contributed by atoms with Gasteiger partial charge in [0, 0.05) is 66.8 Å². The molecule has 0 fully saturated rings. The summed E-state index contributed by atoms with van der Waals surface area (Å²) in [5.74, 6) is 0. The number of rotatable bonds is 8. The van der Waals surface area contributed by atoms with Crippen LogP contribution in [-0.4, -0.2) is 15.8 Å². The van der Waals surface area contributed by atoms with E-state index in [1.54, 1.807) is 0 Å². The van der Waals surface area contributed by atoms with Gasteiger partial charge in [-0.05, 0) is 290 Å². The summed E-state index contributed by atoms with van der Waals surface area (Å²) in [5, 5.41) is 5.07. The van der Waals surface area contributed by atoms with Crippen LogP contribution in [0.5, 0.6) is 0 Å². The molecule has 2 aliphatic heterocycles. The summed E-state index contributed by atoms with van der Waals surface area (Å²) in [6.07, 6.45) is 0. The van der Waals surface area contributed by atoms with Gasteiger partial charge in [0.15, 0.2) is 0 Å². The SMILES string of the molecule is CC(C)(C)c1cc2c3c(c1)N(c1cc(-c4ccc(C(C)(C)C)cc4C(C)(C)C)ccc1-c1ccc(C(C)(C)C)cc1C(C)(C)C)c1cc(-n4c5ccc(C(C)(C)C)cc5c5cc(C(C)(C)C)ccc54)ccc1B3c1ccc(-n3c4ccc(C(C)(C)C)cc4c4cc(C(C)(C)C)ccc43)cc1N2c1cc(-c2ccc(C(C)(C)C)cc2C(C)(C)C)ccc1-c1ccc(C(C)(C)C)cc1C(C)(C)C. The van der Waals surface area contributed by atoms with Crippen LogP contribution in [0.4, 0.5) is 34.1 Å². The number of benzene rings is 13. The molecule has 0 amide bonds. The Morgan fingerprint density at radius 2 is 0.400 bits per heavy atom. The molecule has 0 aliphatic carbocycles. The van der Waals surface area contributed by atoms with Crippen LogP contribution in [0.25, 0.3) is 99.5 Å². The molecule has 13 aromatic carbocycles. The van der Waals surface area contributed by atoms with E-state index in [0.717, 1.165) is 34.1 Å². The maximum Gasteiger partial charge on any atom is 0.252 e. The quantitative estimate of drug-likeness (QED) is 0.141. The Hall–Kier alpha value is -10.9. The summed E-state index contributed by atoms with van der Waals surface area (Å²) >= 11 is 0. The largest absolute Gasteiger partial charge is 0.311 e. The van der Waals surface area contributed by atoms with E-state index in [4.69, 9.17) is 0 Å². The minimum atomic E-state index is -0.392. The molecule has 0 spiro atoms. The smallest absolute Gasteiger partial charge is 0.252 e. The Kier molecular flexibility index (Phi) is 22.6. The number of nitrogens with zero attached hydrogens (tertiary/aromatic N) is 4. The molecule has 15 aromatic rings. The molecule has 2 aromatic heterocycles. The Balaban J connectivity index is 1.10. The van der Waals surface area contributed by atoms with Crippen LogP contribution >= 0.6 is 0 Å². The molecule has 0 N–H and O–H groups in total. The third-order valence-corrected chi connectivity index (χ3v) is 29.9. The molecule has 0 bridgehead atoms. The van der Waals surface area contributed by atoms with Crippen molar-refractivity contribution in [3.63, 3.8) is 0 Å². The lowest BCUT2D eigenvalue weighted by molar-refractivity contribution is 0.569. The summed E-state index contributed by atoms with van der Waals surface area (Å²) in [6.45, 7) is 92.8. The van der Waals surface area contributed by atoms with E-state index >= 15 is 0 Å². The van der Waals surface area contributed by atoms with Gasteiger partial charge in [-0.25, -0.2) is 0 Å². The van der Waals surface area contributed by atoms with E-state index < -0.39 is 5.41 Å². The van der Waals surface area contributed by atoms with Gasteiger partial charge in [0.25, 0.3) is 6.71 Å². The molecule has 0 saturated heterocycles. The lowest BCUT2D eigenvalue weighted by Gasteiger charge is -2.46. The zero-order valence-corrected chi connectivity index (χ0v) is 89.8. The molecule has 698 valence electrons. The third-order valence-electron chi connectivity index (χ3n) is 29.9. The fraction of sp³-hybridized carbons (Fsp3) is 0.400. The van der Waals surface area contributed by atoms with Crippen molar-refractivity contribution in [2.24, 2.45) is 0 Å². The number of hydrogen-bond acceptors (Lipinski definition) is 2. The molecular weight excluding hydrogens is 1630 g/mol. The normalized spacial score (nSPS) is 14.1. The average Bonchev–Trinajstić information content (AvgIpc) is 1.22. The van der Waals surface area contributed by atoms with Crippen LogP contribution < -0.4 is 26.2 Å². The first-order valence-electron chi connectivity index (χ1n) is 50.3. The zero-order chi connectivity index (χ0) is 98.4. The first kappa shape index (κ1) is 95.8. The molecular formula is C130H155BN4. The van der Waals surface area contributed by atoms with E-state index in [1.807, 2.05) is 0 Å². The number of aromatic nitrogens is 2. The fourth-order valence-corrected chi connectivity index (χ4v) is 21.4. The van der Waals surface area contributed by atoms with Crippen molar-refractivity contribution in [2.45, 2.75) is 340 Å². The Bertz CT molecular complexity index is 6730. The Morgan fingerprint density at radius 1 is 0.170 bits per heavy atom. The maximum atomic E-state index is 2.82. The van der Waals surface area contributed by atoms with Gasteiger partial charge < -0.3 is 18.9 Å². The molecule has 4 heterocycles. The number of anilines is 6. The van der Waals surface area contributed by atoms with E-state index in [9.17, 15) is 0 Å². The highest BCUT2D eigenvalue weighted by Crippen LogP contribution is 2.56. The van der Waals surface area contributed by atoms with Crippen molar-refractivity contribution in [1.82, 2.24) is 9.13 Å². The lowest BCUT2D eigenvalue weighted by Crippen LogP contribution is -2.61. The Morgan fingerprint density at radius 3 is 0.652 bits per heavy atom. The predicted octanol–water partition coefficient (Wildman–Crippen LogP) is 35.5. The minimum Gasteiger partial charge on any atom is -0.311 e. The Labute approximate surface area is 813 Å². The lowest BCUT2D eigenvalue weighted by atomic mass is 9.33. The third kappa shape index (κ3) is 17.3. The van der Waals surface area contributed by atoms with Gasteiger partial charge in [-0.15, -0.1) is 0 Å². The second-order valence-electron chi connectivity index (χ2n) is 53.9. The highest BCUT2D eigenvalue weighted by Gasteiger charge is 2.47. The van der Waals surface area contributed by atoms with Crippen LogP contribution in [-0.2, 0) is 70.4 Å². The molecule has 0 radical (unpaired) electrons. The topological polar surface area (TPSA) is 16.3 Å². The summed E-state index contributed by atoms with van der Waals surface area (Å²) in [5.41, 5.74) is 42.4. The monoisotopic (exact) mass is 1780 g/mol. The van der Waals surface area contributed by atoms with Gasteiger partial charge >= 0.3 is 0 Å². The van der Waals surface area contributed by atoms with Gasteiger partial charge in [-0.1, -0.05) is 403 Å². The average molecular weight is 1780 g/mol. The van der Waals surface area contributed by atoms with Gasteiger partial charge in [0.1, 0.15) is 0 Å². The minimum absolute atomic E-state index is 0.0772. The van der Waals surface area contributed by atoms with Crippen molar-refractivity contribution in [3.8, 4) is 55.9 Å². The van der Waals surface area contributed by atoms with Crippen LogP contribution in [0, 0.1) is 0 Å². The van der Waals surface area contributed by atoms with E-state index in [-0.39, 0.29) is 71.7 Å². The van der Waals surface area contributed by atoms with E-state index in [0.29, 0.717) is 0 Å². The first-order chi connectivity index (χ1) is 62.1. The molecule has 0 unspecified atom stereocenters. The summed E-state index contributed by atoms with van der Waals surface area (Å²) < 4.78 is 5.22. The van der Waals surface area contributed by atoms with Crippen molar-refractivity contribution in [1.29, 1.82) is 0 Å². The zero-order valence-electron chi connectivity index (χ0n) is 89.8. The van der Waals surface area contributed by atoms with Gasteiger partial charge in [0.05, 0.1) is 33.4 Å². The highest BCUT2D eigenvalue weighted by atomic mass is 15.2. The van der Waals surface area contributed by atoms with Gasteiger partial charge in [-0.3, -0.25) is 0 Å². The molecule has 17 rings (SSSR count). The summed E-state index contributed by atoms with van der Waals surface area (Å²) in [6, 6.07) is 95.2. The van der Waals surface area contributed by atoms with Crippen molar-refractivity contribution < 1.29 is 0 Å². The molecule has 0 saturated carbocycles. The second-order valence-corrected chi connectivity index (χ2v) is 53.9. The highest BCUT2D eigenvalue weighted by molar-refractivity contribution is 7.00. The van der Waals surface area contributed by atoms with Crippen LogP contribution in [0.2, 0.25) is 0 Å². The fourth-order valence-electron chi connectivity index (χ4n) is 21.4. The van der Waals surface area contributed by atoms with Crippen LogP contribution in [0.15, 0.2) is 231 Å². The summed E-state index contributed by atoms with van der Waals surface area (Å²) in [4.78, 5) is 5.63. The van der Waals surface area contributed by atoms with Crippen molar-refractivity contribution in [2.75, 3.05) is 9.80 Å². The van der Waals surface area contributed by atoms with Crippen LogP contribution in [0.1, 0.15) is 342 Å². The van der Waals surface area contributed by atoms with Gasteiger partial charge in [-0.2, -0.15) is 0 Å². The van der Waals surface area contributed by atoms with E-state index in [1.165, 1.54) is 188 Å². The molecule has 0 atom stereocenters. The van der Waals surface area contributed by atoms with Crippen molar-refractivity contribution in [3.05, 3.63) is 303 Å². The second kappa shape index (κ2) is 31.8.